The van der Waals surface area contributed by atoms with E-state index in [-0.39, 0.29) is 0 Å². The van der Waals surface area contributed by atoms with E-state index >= 15 is 0 Å². The molecule has 0 aromatic heterocycles. The van der Waals surface area contributed by atoms with Crippen LogP contribution in [0.3, 0.4) is 0 Å². The maximum absolute atomic E-state index is 11.5. The first-order valence-electron chi connectivity index (χ1n) is 4.47. The predicted octanol–water partition coefficient (Wildman–Crippen LogP) is -3.84. The van der Waals surface area contributed by atoms with Gasteiger partial charge in [0.1, 0.15) is 10.8 Å². The highest BCUT2D eigenvalue weighted by atomic mass is 16.4. The number of carbonyl (C=O) groups excluding carboxylic acids is 4. The van der Waals surface area contributed by atoms with Gasteiger partial charge < -0.3 is 19.8 Å². The van der Waals surface area contributed by atoms with Crippen molar-refractivity contribution < 1.29 is 29.4 Å². The van der Waals surface area contributed by atoms with Crippen molar-refractivity contribution in [3.63, 3.8) is 0 Å². The van der Waals surface area contributed by atoms with Crippen molar-refractivity contribution >= 4 is 23.8 Å². The lowest BCUT2D eigenvalue weighted by atomic mass is 9.95. The van der Waals surface area contributed by atoms with E-state index in [0.717, 1.165) is 0 Å². The van der Waals surface area contributed by atoms with Crippen LogP contribution in [0.4, 0.5) is 0 Å². The van der Waals surface area contributed by atoms with Gasteiger partial charge >= 0.3 is 0 Å². The third-order valence-corrected chi connectivity index (χ3v) is 3.90. The molecule has 1 saturated carbocycles. The maximum atomic E-state index is 11.5. The quantitative estimate of drug-likeness (QED) is 0.378. The Labute approximate surface area is 89.4 Å². The first-order chi connectivity index (χ1) is 7.19. The van der Waals surface area contributed by atoms with Gasteiger partial charge in [-0.2, -0.15) is 0 Å². The van der Waals surface area contributed by atoms with Crippen LogP contribution >= 0.6 is 0 Å². The third kappa shape index (κ3) is 0.568. The van der Waals surface area contributed by atoms with Crippen molar-refractivity contribution in [3.8, 4) is 0 Å². The standard InChI is InChI=1S/C9H9NO6/c1-7(2)8(5(13)14)3(11)10-4(12)9(7,8)6(15)16/h1-2H3,(H,13,14)(H,15,16)(H,10,11,12)/p-2/t8-,9+. The van der Waals surface area contributed by atoms with E-state index in [1.54, 1.807) is 5.32 Å². The zero-order valence-electron chi connectivity index (χ0n) is 8.45. The topological polar surface area (TPSA) is 126 Å². The molecule has 0 aromatic rings. The van der Waals surface area contributed by atoms with Crippen LogP contribution in [0.5, 0.6) is 0 Å². The number of piperidine rings is 1. The summed E-state index contributed by atoms with van der Waals surface area (Å²) in [5.41, 5.74) is -6.25. The highest BCUT2D eigenvalue weighted by Crippen LogP contribution is 2.80. The van der Waals surface area contributed by atoms with Gasteiger partial charge in [-0.1, -0.05) is 13.8 Å². The molecule has 2 amide bonds. The molecule has 2 atom stereocenters. The fourth-order valence-corrected chi connectivity index (χ4v) is 3.08. The summed E-state index contributed by atoms with van der Waals surface area (Å²) in [4.78, 5) is 45.0. The molecule has 16 heavy (non-hydrogen) atoms. The van der Waals surface area contributed by atoms with Gasteiger partial charge in [0.05, 0.1) is 11.9 Å². The van der Waals surface area contributed by atoms with Crippen molar-refractivity contribution in [2.24, 2.45) is 16.2 Å². The molecule has 0 unspecified atom stereocenters. The van der Waals surface area contributed by atoms with E-state index in [1.807, 2.05) is 0 Å². The third-order valence-electron chi connectivity index (χ3n) is 3.90. The fraction of sp³-hybridized carbons (Fsp3) is 0.556. The van der Waals surface area contributed by atoms with Crippen molar-refractivity contribution in [1.29, 1.82) is 0 Å². The Morgan fingerprint density at radius 1 is 1.00 bits per heavy atom. The number of hydrogen-bond acceptors (Lipinski definition) is 6. The first-order valence-corrected chi connectivity index (χ1v) is 4.47. The summed E-state index contributed by atoms with van der Waals surface area (Å²) in [6, 6.07) is 0. The molecular formula is C9H7NO6-2. The number of rotatable bonds is 2. The normalized spacial score (nSPS) is 38.9. The van der Waals surface area contributed by atoms with Crippen molar-refractivity contribution in [1.82, 2.24) is 5.32 Å². The smallest absolute Gasteiger partial charge is 0.240 e. The van der Waals surface area contributed by atoms with Gasteiger partial charge in [-0.15, -0.1) is 0 Å². The molecule has 1 aliphatic carbocycles. The lowest BCUT2D eigenvalue weighted by Gasteiger charge is -2.17. The van der Waals surface area contributed by atoms with Crippen LogP contribution in [0.1, 0.15) is 13.8 Å². The first kappa shape index (κ1) is 10.6. The average Bonchev–Trinajstić information content (AvgIpc) is 2.44. The van der Waals surface area contributed by atoms with Gasteiger partial charge in [0.15, 0.2) is 0 Å². The number of carboxylic acids is 2. The molecule has 1 saturated heterocycles. The van der Waals surface area contributed by atoms with Gasteiger partial charge in [0.25, 0.3) is 0 Å². The molecule has 0 aromatic carbocycles. The molecule has 2 fully saturated rings. The second-order valence-corrected chi connectivity index (χ2v) is 4.48. The lowest BCUT2D eigenvalue weighted by Crippen LogP contribution is -2.45. The van der Waals surface area contributed by atoms with E-state index in [9.17, 15) is 29.4 Å². The minimum absolute atomic E-state index is 1.15. The SMILES string of the molecule is CC1(C)[C@]2(C(=O)[O-])C(=O)NC(=O)[C@]12C(=O)[O-]. The summed E-state index contributed by atoms with van der Waals surface area (Å²) in [5.74, 6) is -6.03. The van der Waals surface area contributed by atoms with Gasteiger partial charge in [-0.05, 0) is 0 Å². The van der Waals surface area contributed by atoms with Crippen molar-refractivity contribution in [2.75, 3.05) is 0 Å². The number of carbonyl (C=O) groups is 4. The van der Waals surface area contributed by atoms with Crippen LogP contribution < -0.4 is 15.5 Å². The van der Waals surface area contributed by atoms with Gasteiger partial charge in [0, 0.05) is 5.41 Å². The second-order valence-electron chi connectivity index (χ2n) is 4.48. The number of nitrogens with one attached hydrogen (secondary N) is 1. The van der Waals surface area contributed by atoms with Gasteiger partial charge in [-0.25, -0.2) is 0 Å². The van der Waals surface area contributed by atoms with E-state index in [4.69, 9.17) is 0 Å². The highest BCUT2D eigenvalue weighted by molar-refractivity contribution is 6.32. The molecule has 1 aliphatic heterocycles. The molecule has 1 heterocycles. The minimum Gasteiger partial charge on any atom is -0.549 e. The van der Waals surface area contributed by atoms with Crippen LogP contribution in [-0.2, 0) is 19.2 Å². The van der Waals surface area contributed by atoms with Gasteiger partial charge in [0.2, 0.25) is 11.8 Å². The highest BCUT2D eigenvalue weighted by Gasteiger charge is 2.94. The minimum atomic E-state index is -2.35. The Balaban J connectivity index is 2.77. The molecule has 7 heteroatoms. The Kier molecular flexibility index (Phi) is 1.49. The lowest BCUT2D eigenvalue weighted by molar-refractivity contribution is -0.322. The van der Waals surface area contributed by atoms with Crippen LogP contribution in [-0.4, -0.2) is 23.8 Å². The average molecular weight is 225 g/mol. The second kappa shape index (κ2) is 2.26. The molecule has 2 rings (SSSR count). The maximum Gasteiger partial charge on any atom is 0.240 e. The van der Waals surface area contributed by atoms with Crippen LogP contribution in [0, 0.1) is 16.2 Å². The zero-order valence-corrected chi connectivity index (χ0v) is 8.45. The van der Waals surface area contributed by atoms with Crippen LogP contribution in [0.25, 0.3) is 0 Å². The number of aliphatic carboxylic acids is 2. The van der Waals surface area contributed by atoms with E-state index in [0.29, 0.717) is 0 Å². The molecule has 86 valence electrons. The van der Waals surface area contributed by atoms with Crippen LogP contribution in [0.15, 0.2) is 0 Å². The zero-order chi connectivity index (χ0) is 12.5. The molecule has 7 nitrogen and oxygen atoms in total. The van der Waals surface area contributed by atoms with E-state index in [1.165, 1.54) is 13.8 Å². The Morgan fingerprint density at radius 2 is 1.31 bits per heavy atom. The number of amides is 2. The summed E-state index contributed by atoms with van der Waals surface area (Å²) in [7, 11) is 0. The molecule has 0 bridgehead atoms. The monoisotopic (exact) mass is 225 g/mol. The van der Waals surface area contributed by atoms with Gasteiger partial charge in [-0.3, -0.25) is 14.9 Å². The predicted molar refractivity (Wildman–Crippen MR) is 41.8 cm³/mol. The van der Waals surface area contributed by atoms with Crippen molar-refractivity contribution in [3.05, 3.63) is 0 Å². The molecule has 0 radical (unpaired) electrons. The molecular weight excluding hydrogens is 218 g/mol. The largest absolute Gasteiger partial charge is 0.549 e. The Hall–Kier alpha value is -1.92. The summed E-state index contributed by atoms with van der Waals surface area (Å²) >= 11 is 0. The summed E-state index contributed by atoms with van der Waals surface area (Å²) in [6.45, 7) is 2.43. The molecule has 2 aliphatic rings. The molecule has 0 spiro atoms. The Morgan fingerprint density at radius 3 is 1.50 bits per heavy atom. The summed E-state index contributed by atoms with van der Waals surface area (Å²) < 4.78 is 0. The number of imide groups is 1. The van der Waals surface area contributed by atoms with E-state index in [2.05, 4.69) is 0 Å². The summed E-state index contributed by atoms with van der Waals surface area (Å²) in [6.07, 6.45) is 0. The van der Waals surface area contributed by atoms with Crippen molar-refractivity contribution in [2.45, 2.75) is 13.8 Å². The fourth-order valence-electron chi connectivity index (χ4n) is 3.08. The number of fused-ring (bicyclic) bond motifs is 1. The number of hydrogen-bond donors (Lipinski definition) is 1. The van der Waals surface area contributed by atoms with E-state index < -0.39 is 40.0 Å². The molecule has 1 N–H and O–H groups in total. The number of carboxylic acid groups (broad SMARTS) is 2. The van der Waals surface area contributed by atoms with Crippen LogP contribution in [0.2, 0.25) is 0 Å². The summed E-state index contributed by atoms with van der Waals surface area (Å²) in [5, 5.41) is 23.8. The Bertz CT molecular complexity index is 427.